The van der Waals surface area contributed by atoms with Crippen LogP contribution >= 0.6 is 0 Å². The monoisotopic (exact) mass is 549 g/mol. The van der Waals surface area contributed by atoms with Crippen molar-refractivity contribution in [3.63, 3.8) is 0 Å². The predicted molar refractivity (Wildman–Crippen MR) is 153 cm³/mol. The van der Waals surface area contributed by atoms with Crippen LogP contribution in [0, 0.1) is 0 Å². The first-order valence-electron chi connectivity index (χ1n) is 13.2. The number of anilines is 2. The minimum absolute atomic E-state index is 0.108. The molecular formula is C29H35N5O6. The van der Waals surface area contributed by atoms with E-state index in [-0.39, 0.29) is 17.8 Å². The lowest BCUT2D eigenvalue weighted by Crippen LogP contribution is -2.53. The van der Waals surface area contributed by atoms with E-state index in [1.54, 1.807) is 36.2 Å². The molecule has 1 amide bonds. The van der Waals surface area contributed by atoms with Gasteiger partial charge in [-0.3, -0.25) is 15.0 Å². The van der Waals surface area contributed by atoms with Crippen LogP contribution in [0.15, 0.2) is 64.2 Å². The minimum Gasteiger partial charge on any atom is -0.467 e. The van der Waals surface area contributed by atoms with Gasteiger partial charge in [0.1, 0.15) is 23.2 Å². The van der Waals surface area contributed by atoms with Crippen molar-refractivity contribution in [1.82, 2.24) is 15.3 Å². The topological polar surface area (TPSA) is 121 Å². The molecule has 2 N–H and O–H groups in total. The van der Waals surface area contributed by atoms with Crippen molar-refractivity contribution in [3.05, 3.63) is 86.2 Å². The second-order valence-corrected chi connectivity index (χ2v) is 9.90. The molecule has 0 spiro atoms. The molecule has 1 atom stereocenters. The van der Waals surface area contributed by atoms with Gasteiger partial charge in [-0.05, 0) is 36.7 Å². The Morgan fingerprint density at radius 1 is 0.950 bits per heavy atom. The highest BCUT2D eigenvalue weighted by Crippen LogP contribution is 2.22. The molecule has 4 rings (SSSR count). The maximum absolute atomic E-state index is 12.6. The molecule has 1 saturated heterocycles. The Labute approximate surface area is 232 Å². The first kappa shape index (κ1) is 28.8. The van der Waals surface area contributed by atoms with E-state index >= 15 is 0 Å². The summed E-state index contributed by atoms with van der Waals surface area (Å²) in [5.74, 6) is -0.222. The Hall–Kier alpha value is -4.22. The minimum atomic E-state index is -0.901. The molecule has 0 aliphatic carbocycles. The van der Waals surface area contributed by atoms with Crippen molar-refractivity contribution in [1.29, 1.82) is 0 Å². The van der Waals surface area contributed by atoms with Gasteiger partial charge in [-0.25, -0.2) is 14.6 Å². The molecule has 3 aromatic carbocycles. The molecule has 11 heteroatoms. The van der Waals surface area contributed by atoms with E-state index in [1.165, 1.54) is 7.11 Å². The third-order valence-electron chi connectivity index (χ3n) is 6.98. The van der Waals surface area contributed by atoms with Crippen LogP contribution < -0.4 is 31.2 Å². The van der Waals surface area contributed by atoms with Gasteiger partial charge in [0.25, 0.3) is 10.9 Å². The van der Waals surface area contributed by atoms with E-state index in [0.29, 0.717) is 31.8 Å². The lowest BCUT2D eigenvalue weighted by molar-refractivity contribution is -0.141. The highest BCUT2D eigenvalue weighted by molar-refractivity contribution is 5.84. The fourth-order valence-corrected chi connectivity index (χ4v) is 4.55. The number of hydrogen-bond acceptors (Lipinski definition) is 10. The molecular weight excluding hydrogens is 514 g/mol. The van der Waals surface area contributed by atoms with Gasteiger partial charge in [-0.2, -0.15) is 0 Å². The average molecular weight is 550 g/mol. The van der Waals surface area contributed by atoms with Crippen molar-refractivity contribution >= 4 is 23.4 Å². The number of nitrogens with zero attached hydrogens (tertiary/aromatic N) is 3. The van der Waals surface area contributed by atoms with Crippen molar-refractivity contribution in [2.24, 2.45) is 0 Å². The predicted octanol–water partition coefficient (Wildman–Crippen LogP) is 1.41. The molecule has 212 valence electrons. The van der Waals surface area contributed by atoms with Gasteiger partial charge in [0, 0.05) is 46.2 Å². The molecule has 0 saturated carbocycles. The highest BCUT2D eigenvalue weighted by atomic mass is 16.6. The van der Waals surface area contributed by atoms with E-state index in [2.05, 4.69) is 15.6 Å². The summed E-state index contributed by atoms with van der Waals surface area (Å²) in [6, 6.07) is 15.6. The van der Waals surface area contributed by atoms with Gasteiger partial charge in [-0.1, -0.05) is 42.5 Å². The second kappa shape index (κ2) is 13.2. The molecule has 1 aliphatic heterocycles. The lowest BCUT2D eigenvalue weighted by Gasteiger charge is -2.31. The number of piperazine rings is 1. The largest absolute Gasteiger partial charge is 0.467 e. The Morgan fingerprint density at radius 3 is 2.27 bits per heavy atom. The summed E-state index contributed by atoms with van der Waals surface area (Å²) in [4.78, 5) is 53.6. The summed E-state index contributed by atoms with van der Waals surface area (Å²) in [6.45, 7) is 3.65. The number of nitrogens with one attached hydrogen (secondary N) is 2. The number of esters is 1. The smallest absolute Gasteiger partial charge is 0.427 e. The SMILES string of the molecule is COC(=O)[C@H](Cc1ccc(OC(=O)NN2CCN(C)CC2)cc1)Nc1c(N(C)CCc2ccccc2)c(=O)c1=O. The maximum Gasteiger partial charge on any atom is 0.427 e. The van der Waals surface area contributed by atoms with E-state index in [0.717, 1.165) is 24.2 Å². The van der Waals surface area contributed by atoms with Gasteiger partial charge in [0.05, 0.1) is 7.11 Å². The zero-order chi connectivity index (χ0) is 28.6. The molecule has 0 aromatic heterocycles. The summed E-state index contributed by atoms with van der Waals surface area (Å²) in [7, 11) is 5.04. The molecule has 1 heterocycles. The number of carbonyl (C=O) groups is 2. The number of benzene rings is 2. The van der Waals surface area contributed by atoms with E-state index in [4.69, 9.17) is 9.47 Å². The summed E-state index contributed by atoms with van der Waals surface area (Å²) >= 11 is 0. The van der Waals surface area contributed by atoms with Crippen molar-refractivity contribution in [3.8, 4) is 5.75 Å². The Morgan fingerprint density at radius 2 is 1.62 bits per heavy atom. The van der Waals surface area contributed by atoms with Gasteiger partial charge in [0.2, 0.25) is 0 Å². The second-order valence-electron chi connectivity index (χ2n) is 9.90. The van der Waals surface area contributed by atoms with Crippen LogP contribution in [0.25, 0.3) is 0 Å². The van der Waals surface area contributed by atoms with Crippen LogP contribution in [0.3, 0.4) is 0 Å². The number of methoxy groups -OCH3 is 1. The van der Waals surface area contributed by atoms with E-state index in [1.807, 2.05) is 42.4 Å². The number of carbonyl (C=O) groups excluding carboxylic acids is 2. The number of likely N-dealkylation sites (N-methyl/N-ethyl adjacent to an activating group) is 2. The molecule has 0 bridgehead atoms. The number of ether oxygens (including phenoxy) is 2. The lowest BCUT2D eigenvalue weighted by atomic mass is 10.0. The molecule has 3 aromatic rings. The number of hydrazine groups is 1. The summed E-state index contributed by atoms with van der Waals surface area (Å²) < 4.78 is 10.3. The van der Waals surface area contributed by atoms with Gasteiger partial charge in [0.15, 0.2) is 0 Å². The molecule has 0 unspecified atom stereocenters. The fraction of sp³-hybridized carbons (Fsp3) is 0.379. The van der Waals surface area contributed by atoms with Crippen LogP contribution in [0.5, 0.6) is 5.75 Å². The summed E-state index contributed by atoms with van der Waals surface area (Å²) in [6.07, 6.45) is 0.306. The molecule has 1 fully saturated rings. The quantitative estimate of drug-likeness (QED) is 0.268. The first-order valence-corrected chi connectivity index (χ1v) is 13.2. The van der Waals surface area contributed by atoms with Crippen molar-refractivity contribution in [2.75, 3.05) is 64.1 Å². The average Bonchev–Trinajstić information content (AvgIpc) is 2.97. The van der Waals surface area contributed by atoms with Crippen molar-refractivity contribution < 1.29 is 19.1 Å². The zero-order valence-electron chi connectivity index (χ0n) is 23.0. The van der Waals surface area contributed by atoms with Crippen LogP contribution in [-0.4, -0.2) is 81.9 Å². The Bertz CT molecular complexity index is 1360. The Kier molecular flexibility index (Phi) is 9.52. The summed E-state index contributed by atoms with van der Waals surface area (Å²) in [5.41, 5.74) is 3.71. The van der Waals surface area contributed by atoms with E-state index < -0.39 is 29.0 Å². The van der Waals surface area contributed by atoms with Gasteiger partial charge < -0.3 is 24.6 Å². The molecule has 11 nitrogen and oxygen atoms in total. The normalized spacial score (nSPS) is 14.9. The van der Waals surface area contributed by atoms with E-state index in [9.17, 15) is 19.2 Å². The standard InChI is InChI=1S/C29H35N5O6/c1-32-15-17-34(18-16-32)31-29(38)40-22-11-9-21(10-12-22)19-23(28(37)39-3)30-24-25(27(36)26(24)35)33(2)14-13-20-7-5-4-6-8-20/h4-12,23,30H,13-19H2,1-3H3,(H,31,38)/t23-/m0/s1. The van der Waals surface area contributed by atoms with Crippen LogP contribution in [0.4, 0.5) is 16.2 Å². The Balaban J connectivity index is 1.37. The van der Waals surface area contributed by atoms with Gasteiger partial charge in [-0.15, -0.1) is 0 Å². The number of amides is 1. The number of hydrogen-bond donors (Lipinski definition) is 2. The van der Waals surface area contributed by atoms with Gasteiger partial charge >= 0.3 is 12.1 Å². The van der Waals surface area contributed by atoms with Crippen molar-refractivity contribution in [2.45, 2.75) is 18.9 Å². The third kappa shape index (κ3) is 7.25. The first-order chi connectivity index (χ1) is 19.2. The highest BCUT2D eigenvalue weighted by Gasteiger charge is 2.29. The third-order valence-corrected chi connectivity index (χ3v) is 6.98. The maximum atomic E-state index is 12.6. The molecule has 40 heavy (non-hydrogen) atoms. The van der Waals surface area contributed by atoms with Crippen LogP contribution in [0.1, 0.15) is 11.1 Å². The number of rotatable bonds is 11. The molecule has 0 radical (unpaired) electrons. The van der Waals surface area contributed by atoms with Crippen LogP contribution in [-0.2, 0) is 22.4 Å². The summed E-state index contributed by atoms with van der Waals surface area (Å²) in [5, 5.41) is 4.76. The molecule has 1 aliphatic rings. The fourth-order valence-electron chi connectivity index (χ4n) is 4.55. The van der Waals surface area contributed by atoms with Crippen LogP contribution in [0.2, 0.25) is 0 Å². The zero-order valence-corrected chi connectivity index (χ0v) is 23.0.